The van der Waals surface area contributed by atoms with E-state index in [9.17, 15) is 0 Å². The van der Waals surface area contributed by atoms with Crippen LogP contribution in [-0.2, 0) is 6.42 Å². The van der Waals surface area contributed by atoms with Gasteiger partial charge in [-0.05, 0) is 43.5 Å². The van der Waals surface area contributed by atoms with Crippen molar-refractivity contribution in [2.24, 2.45) is 5.73 Å². The molecule has 0 saturated heterocycles. The Bertz CT molecular complexity index is 650. The zero-order valence-electron chi connectivity index (χ0n) is 11.5. The number of aromatic nitrogens is 1. The number of pyridine rings is 1. The van der Waals surface area contributed by atoms with Crippen LogP contribution in [0.2, 0.25) is 0 Å². The summed E-state index contributed by atoms with van der Waals surface area (Å²) >= 11 is 0. The Morgan fingerprint density at radius 3 is 2.95 bits per heavy atom. The number of nitrogens with two attached hydrogens (primary N) is 1. The van der Waals surface area contributed by atoms with Gasteiger partial charge in [0.15, 0.2) is 0 Å². The molecule has 1 unspecified atom stereocenters. The number of nitrogens with zero attached hydrogens (tertiary/aromatic N) is 2. The number of anilines is 2. The zero-order chi connectivity index (χ0) is 14.1. The summed E-state index contributed by atoms with van der Waals surface area (Å²) in [5, 5.41) is 7.54. The third-order valence-electron chi connectivity index (χ3n) is 3.82. The lowest BCUT2D eigenvalue weighted by Gasteiger charge is -2.37. The highest BCUT2D eigenvalue weighted by Crippen LogP contribution is 2.36. The predicted molar refractivity (Wildman–Crippen MR) is 81.6 cm³/mol. The Morgan fingerprint density at radius 2 is 2.15 bits per heavy atom. The number of aryl methyl sites for hydroxylation is 1. The molecular formula is C16H18N4. The Labute approximate surface area is 118 Å². The average molecular weight is 266 g/mol. The first kappa shape index (κ1) is 12.7. The molecule has 1 atom stereocenters. The maximum absolute atomic E-state index is 7.54. The van der Waals surface area contributed by atoms with Crippen molar-refractivity contribution in [1.82, 2.24) is 4.98 Å². The topological polar surface area (TPSA) is 66.0 Å². The molecule has 0 amide bonds. The minimum absolute atomic E-state index is 0.00444. The number of rotatable bonds is 2. The van der Waals surface area contributed by atoms with Crippen LogP contribution in [0.1, 0.15) is 24.6 Å². The van der Waals surface area contributed by atoms with Gasteiger partial charge in [0.2, 0.25) is 0 Å². The molecule has 2 heterocycles. The van der Waals surface area contributed by atoms with Crippen molar-refractivity contribution in [1.29, 1.82) is 5.41 Å². The highest BCUT2D eigenvalue weighted by molar-refractivity contribution is 5.94. The smallest absolute Gasteiger partial charge is 0.141 e. The van der Waals surface area contributed by atoms with Crippen molar-refractivity contribution in [3.8, 4) is 0 Å². The van der Waals surface area contributed by atoms with Gasteiger partial charge < -0.3 is 10.6 Å². The number of para-hydroxylation sites is 1. The third kappa shape index (κ3) is 2.13. The van der Waals surface area contributed by atoms with Gasteiger partial charge in [0, 0.05) is 23.6 Å². The molecule has 1 aliphatic rings. The molecule has 4 heteroatoms. The lowest BCUT2D eigenvalue weighted by atomic mass is 9.96. The highest BCUT2D eigenvalue weighted by atomic mass is 15.2. The van der Waals surface area contributed by atoms with Gasteiger partial charge in [0.25, 0.3) is 0 Å². The van der Waals surface area contributed by atoms with Gasteiger partial charge in [0.1, 0.15) is 11.5 Å². The SMILES string of the molecule is CC1CCc2ccccc2N1c1ccnc(C(=N)N)c1. The second-order valence-electron chi connectivity index (χ2n) is 5.20. The molecule has 1 aromatic carbocycles. The molecule has 4 nitrogen and oxygen atoms in total. The van der Waals surface area contributed by atoms with Crippen LogP contribution < -0.4 is 10.6 Å². The molecule has 1 aliphatic heterocycles. The number of fused-ring (bicyclic) bond motifs is 1. The lowest BCUT2D eigenvalue weighted by Crippen LogP contribution is -2.33. The van der Waals surface area contributed by atoms with Crippen LogP contribution in [0.3, 0.4) is 0 Å². The van der Waals surface area contributed by atoms with Crippen LogP contribution >= 0.6 is 0 Å². The largest absolute Gasteiger partial charge is 0.382 e. The van der Waals surface area contributed by atoms with E-state index in [2.05, 4.69) is 41.1 Å². The molecule has 0 saturated carbocycles. The highest BCUT2D eigenvalue weighted by Gasteiger charge is 2.24. The maximum atomic E-state index is 7.54. The summed E-state index contributed by atoms with van der Waals surface area (Å²) in [6, 6.07) is 12.8. The van der Waals surface area contributed by atoms with E-state index in [4.69, 9.17) is 11.1 Å². The van der Waals surface area contributed by atoms with Crippen molar-refractivity contribution in [2.75, 3.05) is 4.90 Å². The third-order valence-corrected chi connectivity index (χ3v) is 3.82. The zero-order valence-corrected chi connectivity index (χ0v) is 11.5. The summed E-state index contributed by atoms with van der Waals surface area (Å²) in [6.45, 7) is 2.23. The second kappa shape index (κ2) is 4.96. The first-order valence-electron chi connectivity index (χ1n) is 6.84. The van der Waals surface area contributed by atoms with Crippen molar-refractivity contribution in [3.63, 3.8) is 0 Å². The Morgan fingerprint density at radius 1 is 1.35 bits per heavy atom. The summed E-state index contributed by atoms with van der Waals surface area (Å²) in [7, 11) is 0. The second-order valence-corrected chi connectivity index (χ2v) is 5.20. The van der Waals surface area contributed by atoms with E-state index in [1.807, 2.05) is 12.1 Å². The molecule has 3 N–H and O–H groups in total. The molecule has 1 aromatic heterocycles. The van der Waals surface area contributed by atoms with E-state index in [-0.39, 0.29) is 5.84 Å². The van der Waals surface area contributed by atoms with E-state index in [0.717, 1.165) is 18.5 Å². The molecule has 20 heavy (non-hydrogen) atoms. The first-order chi connectivity index (χ1) is 9.66. The van der Waals surface area contributed by atoms with Crippen LogP contribution in [0.4, 0.5) is 11.4 Å². The Hall–Kier alpha value is -2.36. The molecule has 102 valence electrons. The lowest BCUT2D eigenvalue weighted by molar-refractivity contribution is 0.618. The summed E-state index contributed by atoms with van der Waals surface area (Å²) in [5.41, 5.74) is 9.73. The molecule has 0 aliphatic carbocycles. The van der Waals surface area contributed by atoms with Crippen LogP contribution in [0, 0.1) is 5.41 Å². The van der Waals surface area contributed by atoms with Gasteiger partial charge in [-0.25, -0.2) is 0 Å². The van der Waals surface area contributed by atoms with E-state index >= 15 is 0 Å². The predicted octanol–water partition coefficient (Wildman–Crippen LogP) is 2.84. The van der Waals surface area contributed by atoms with Crippen LogP contribution in [0.25, 0.3) is 0 Å². The van der Waals surface area contributed by atoms with Crippen LogP contribution in [0.5, 0.6) is 0 Å². The van der Waals surface area contributed by atoms with Gasteiger partial charge >= 0.3 is 0 Å². The van der Waals surface area contributed by atoms with Gasteiger partial charge in [-0.2, -0.15) is 0 Å². The van der Waals surface area contributed by atoms with Gasteiger partial charge in [-0.1, -0.05) is 18.2 Å². The summed E-state index contributed by atoms with van der Waals surface area (Å²) in [6.07, 6.45) is 3.95. The molecule has 2 aromatic rings. The fourth-order valence-electron chi connectivity index (χ4n) is 2.80. The monoisotopic (exact) mass is 266 g/mol. The molecular weight excluding hydrogens is 248 g/mol. The number of benzene rings is 1. The van der Waals surface area contributed by atoms with Crippen molar-refractivity contribution in [2.45, 2.75) is 25.8 Å². The Balaban J connectivity index is 2.09. The number of hydrogen-bond acceptors (Lipinski definition) is 3. The number of nitrogens with one attached hydrogen (secondary N) is 1. The summed E-state index contributed by atoms with van der Waals surface area (Å²) in [5.74, 6) is 0.00444. The van der Waals surface area contributed by atoms with Gasteiger partial charge in [-0.3, -0.25) is 10.4 Å². The van der Waals surface area contributed by atoms with Gasteiger partial charge in [0.05, 0.1) is 0 Å². The summed E-state index contributed by atoms with van der Waals surface area (Å²) < 4.78 is 0. The molecule has 0 fully saturated rings. The molecule has 0 bridgehead atoms. The van der Waals surface area contributed by atoms with Gasteiger partial charge in [-0.15, -0.1) is 0 Å². The van der Waals surface area contributed by atoms with E-state index in [1.165, 1.54) is 11.3 Å². The van der Waals surface area contributed by atoms with E-state index < -0.39 is 0 Å². The Kier molecular flexibility index (Phi) is 3.14. The quantitative estimate of drug-likeness (QED) is 0.649. The molecule has 0 radical (unpaired) electrons. The van der Waals surface area contributed by atoms with Crippen molar-refractivity contribution >= 4 is 17.2 Å². The number of amidine groups is 1. The van der Waals surface area contributed by atoms with Crippen molar-refractivity contribution in [3.05, 3.63) is 53.9 Å². The minimum Gasteiger partial charge on any atom is -0.382 e. The fraction of sp³-hybridized carbons (Fsp3) is 0.250. The fourth-order valence-corrected chi connectivity index (χ4v) is 2.80. The number of hydrogen-bond donors (Lipinski definition) is 2. The molecule has 3 rings (SSSR count). The van der Waals surface area contributed by atoms with E-state index in [0.29, 0.717) is 11.7 Å². The standard InChI is InChI=1S/C16H18N4/c1-11-6-7-12-4-2-3-5-15(12)20(11)13-8-9-19-14(10-13)16(17)18/h2-5,8-11H,6-7H2,1H3,(H3,17,18). The van der Waals surface area contributed by atoms with E-state index in [1.54, 1.807) is 6.20 Å². The first-order valence-corrected chi connectivity index (χ1v) is 6.84. The molecule has 0 spiro atoms. The average Bonchev–Trinajstić information content (AvgIpc) is 2.47. The number of nitrogen functional groups attached to an aromatic ring is 1. The normalized spacial score (nSPS) is 17.6. The maximum Gasteiger partial charge on any atom is 0.141 e. The van der Waals surface area contributed by atoms with Crippen molar-refractivity contribution < 1.29 is 0 Å². The van der Waals surface area contributed by atoms with Crippen LogP contribution in [-0.4, -0.2) is 16.9 Å². The summed E-state index contributed by atoms with van der Waals surface area (Å²) in [4.78, 5) is 6.45. The minimum atomic E-state index is 0.00444. The van der Waals surface area contributed by atoms with Crippen LogP contribution in [0.15, 0.2) is 42.6 Å².